The number of carbonyl (C=O) groups is 3. The van der Waals surface area contributed by atoms with Crippen LogP contribution in [0.4, 0.5) is 0 Å². The number of methoxy groups -OCH3 is 1. The van der Waals surface area contributed by atoms with Gasteiger partial charge in [0.2, 0.25) is 0 Å². The minimum atomic E-state index is -1.67. The quantitative estimate of drug-likeness (QED) is 0.444. The van der Waals surface area contributed by atoms with Gasteiger partial charge in [-0.05, 0) is 36.4 Å². The van der Waals surface area contributed by atoms with Crippen LogP contribution in [0.2, 0.25) is 0 Å². The number of hydrogen-bond donors (Lipinski definition) is 2. The Morgan fingerprint density at radius 1 is 0.815 bits per heavy atom. The Morgan fingerprint density at radius 2 is 1.22 bits per heavy atom. The molecule has 0 heterocycles. The van der Waals surface area contributed by atoms with Crippen molar-refractivity contribution >= 4 is 29.7 Å². The molecule has 27 heavy (non-hydrogen) atoms. The molecule has 0 aliphatic heterocycles. The molecule has 2 aromatic carbocycles. The van der Waals surface area contributed by atoms with Gasteiger partial charge in [0.15, 0.2) is 17.5 Å². The number of rotatable bonds is 7. The largest absolute Gasteiger partial charge is 0.507 e. The minimum absolute atomic E-state index is 0.0399. The molecule has 2 N–H and O–H groups in total. The Kier molecular flexibility index (Phi) is 6.66. The van der Waals surface area contributed by atoms with Crippen LogP contribution in [0.3, 0.4) is 0 Å². The maximum Gasteiger partial charge on any atom is 0.324 e. The number of hydrogen-bond acceptors (Lipinski definition) is 6. The Bertz CT molecular complexity index is 843. The van der Waals surface area contributed by atoms with Crippen molar-refractivity contribution in [3.05, 3.63) is 71.8 Å². The normalized spacial score (nSPS) is 11.2. The third kappa shape index (κ3) is 5.15. The molecule has 138 valence electrons. The van der Waals surface area contributed by atoms with Crippen molar-refractivity contribution in [3.8, 4) is 11.5 Å². The number of phenolic OH excluding ortho intramolecular Hbond substituents is 2. The smallest absolute Gasteiger partial charge is 0.324 e. The number of ether oxygens (including phenoxy) is 1. The number of phenols is 2. The Morgan fingerprint density at radius 3 is 1.59 bits per heavy atom. The number of benzene rings is 2. The standard InChI is InChI=1S/C21H18O6/c1-27-21(26)20(18(24)12-10-14-6-2-4-8-16(14)22)19(25)13-11-15-7-3-5-9-17(15)23/h2-13,20,22-23H,1H3/b12-10+,13-11+. The lowest BCUT2D eigenvalue weighted by molar-refractivity contribution is -0.150. The predicted octanol–water partition coefficient (Wildman–Crippen LogP) is 2.75. The van der Waals surface area contributed by atoms with E-state index in [1.165, 1.54) is 24.3 Å². The van der Waals surface area contributed by atoms with Gasteiger partial charge in [0.05, 0.1) is 7.11 Å². The van der Waals surface area contributed by atoms with E-state index in [0.717, 1.165) is 19.3 Å². The molecule has 0 bridgehead atoms. The van der Waals surface area contributed by atoms with Crippen molar-refractivity contribution in [2.24, 2.45) is 5.92 Å². The second-order valence-electron chi connectivity index (χ2n) is 5.55. The van der Waals surface area contributed by atoms with Crippen molar-refractivity contribution in [3.63, 3.8) is 0 Å². The highest BCUT2D eigenvalue weighted by Gasteiger charge is 2.31. The summed E-state index contributed by atoms with van der Waals surface area (Å²) in [6, 6.07) is 12.6. The predicted molar refractivity (Wildman–Crippen MR) is 99.8 cm³/mol. The van der Waals surface area contributed by atoms with Gasteiger partial charge in [0.25, 0.3) is 0 Å². The van der Waals surface area contributed by atoms with Crippen LogP contribution in [-0.2, 0) is 19.1 Å². The molecule has 0 aromatic heterocycles. The lowest BCUT2D eigenvalue weighted by Crippen LogP contribution is -2.30. The summed E-state index contributed by atoms with van der Waals surface area (Å²) < 4.78 is 4.56. The molecular formula is C21H18O6. The second-order valence-corrected chi connectivity index (χ2v) is 5.55. The van der Waals surface area contributed by atoms with Crippen LogP contribution < -0.4 is 0 Å². The fraction of sp³-hybridized carbons (Fsp3) is 0.0952. The van der Waals surface area contributed by atoms with E-state index >= 15 is 0 Å². The van der Waals surface area contributed by atoms with Crippen molar-refractivity contribution in [1.29, 1.82) is 0 Å². The zero-order chi connectivity index (χ0) is 19.8. The summed E-state index contributed by atoms with van der Waals surface area (Å²) in [5.41, 5.74) is 0.735. The number of allylic oxidation sites excluding steroid dienone is 2. The zero-order valence-electron chi connectivity index (χ0n) is 14.5. The summed E-state index contributed by atoms with van der Waals surface area (Å²) in [7, 11) is 1.08. The summed E-state index contributed by atoms with van der Waals surface area (Å²) in [6.45, 7) is 0. The summed E-state index contributed by atoms with van der Waals surface area (Å²) in [5, 5.41) is 19.4. The molecule has 2 aromatic rings. The molecule has 0 spiro atoms. The monoisotopic (exact) mass is 366 g/mol. The van der Waals surface area contributed by atoms with E-state index < -0.39 is 23.5 Å². The maximum atomic E-state index is 12.4. The molecule has 0 fully saturated rings. The van der Waals surface area contributed by atoms with Crippen molar-refractivity contribution in [2.75, 3.05) is 7.11 Å². The second kappa shape index (κ2) is 9.15. The molecule has 0 aliphatic carbocycles. The average Bonchev–Trinajstić information content (AvgIpc) is 2.66. The summed E-state index contributed by atoms with van der Waals surface area (Å²) in [6.07, 6.45) is 4.71. The molecule has 0 saturated heterocycles. The van der Waals surface area contributed by atoms with Crippen LogP contribution in [0.1, 0.15) is 11.1 Å². The summed E-state index contributed by atoms with van der Waals surface area (Å²) >= 11 is 0. The van der Waals surface area contributed by atoms with Crippen LogP contribution >= 0.6 is 0 Å². The first kappa shape index (κ1) is 19.7. The van der Waals surface area contributed by atoms with E-state index in [1.807, 2.05) is 0 Å². The lowest BCUT2D eigenvalue weighted by Gasteiger charge is -2.08. The lowest BCUT2D eigenvalue weighted by atomic mass is 9.97. The van der Waals surface area contributed by atoms with E-state index in [0.29, 0.717) is 11.1 Å². The molecule has 6 heteroatoms. The maximum absolute atomic E-state index is 12.4. The van der Waals surface area contributed by atoms with Crippen molar-refractivity contribution in [2.45, 2.75) is 0 Å². The fourth-order valence-corrected chi connectivity index (χ4v) is 2.28. The van der Waals surface area contributed by atoms with E-state index in [4.69, 9.17) is 0 Å². The van der Waals surface area contributed by atoms with Gasteiger partial charge in [-0.2, -0.15) is 0 Å². The molecule has 0 amide bonds. The Labute approximate surface area is 156 Å². The highest BCUT2D eigenvalue weighted by molar-refractivity contribution is 6.24. The highest BCUT2D eigenvalue weighted by Crippen LogP contribution is 2.19. The van der Waals surface area contributed by atoms with Gasteiger partial charge in [-0.3, -0.25) is 14.4 Å². The van der Waals surface area contributed by atoms with E-state index in [9.17, 15) is 24.6 Å². The van der Waals surface area contributed by atoms with Crippen LogP contribution in [0.5, 0.6) is 11.5 Å². The van der Waals surface area contributed by atoms with Gasteiger partial charge in [0, 0.05) is 11.1 Å². The first-order valence-corrected chi connectivity index (χ1v) is 8.01. The third-order valence-corrected chi connectivity index (χ3v) is 3.73. The van der Waals surface area contributed by atoms with E-state index in [-0.39, 0.29) is 11.5 Å². The summed E-state index contributed by atoms with van der Waals surface area (Å²) in [5.74, 6) is -4.30. The number of carbonyl (C=O) groups excluding carboxylic acids is 3. The van der Waals surface area contributed by atoms with Crippen LogP contribution in [0.25, 0.3) is 12.2 Å². The van der Waals surface area contributed by atoms with Crippen molar-refractivity contribution in [1.82, 2.24) is 0 Å². The Balaban J connectivity index is 2.22. The number of aromatic hydroxyl groups is 2. The van der Waals surface area contributed by atoms with E-state index in [1.54, 1.807) is 36.4 Å². The first-order chi connectivity index (χ1) is 12.9. The molecule has 2 rings (SSSR count). The fourth-order valence-electron chi connectivity index (χ4n) is 2.28. The molecular weight excluding hydrogens is 348 g/mol. The van der Waals surface area contributed by atoms with Gasteiger partial charge in [-0.1, -0.05) is 36.4 Å². The number of ketones is 2. The van der Waals surface area contributed by atoms with Crippen molar-refractivity contribution < 1.29 is 29.3 Å². The molecule has 0 unspecified atom stereocenters. The number of esters is 1. The average molecular weight is 366 g/mol. The van der Waals surface area contributed by atoms with Crippen LogP contribution in [0.15, 0.2) is 60.7 Å². The number of para-hydroxylation sites is 2. The SMILES string of the molecule is COC(=O)C(C(=O)/C=C/c1ccccc1O)C(=O)/C=C/c1ccccc1O. The summed E-state index contributed by atoms with van der Waals surface area (Å²) in [4.78, 5) is 36.7. The zero-order valence-corrected chi connectivity index (χ0v) is 14.5. The van der Waals surface area contributed by atoms with Gasteiger partial charge >= 0.3 is 5.97 Å². The highest BCUT2D eigenvalue weighted by atomic mass is 16.5. The topological polar surface area (TPSA) is 101 Å². The minimum Gasteiger partial charge on any atom is -0.507 e. The van der Waals surface area contributed by atoms with Gasteiger partial charge in [-0.15, -0.1) is 0 Å². The van der Waals surface area contributed by atoms with Gasteiger partial charge in [0.1, 0.15) is 11.5 Å². The molecule has 0 atom stereocenters. The molecule has 6 nitrogen and oxygen atoms in total. The van der Waals surface area contributed by atoms with E-state index in [2.05, 4.69) is 4.74 Å². The Hall–Kier alpha value is -3.67. The first-order valence-electron chi connectivity index (χ1n) is 8.01. The van der Waals surface area contributed by atoms with Gasteiger partial charge in [-0.25, -0.2) is 0 Å². The van der Waals surface area contributed by atoms with Gasteiger partial charge < -0.3 is 14.9 Å². The van der Waals surface area contributed by atoms with Crippen LogP contribution in [-0.4, -0.2) is 34.9 Å². The van der Waals surface area contributed by atoms with Crippen LogP contribution in [0, 0.1) is 5.92 Å². The molecule has 0 aliphatic rings. The molecule has 0 saturated carbocycles. The molecule has 0 radical (unpaired) electrons. The third-order valence-electron chi connectivity index (χ3n) is 3.73.